The lowest BCUT2D eigenvalue weighted by Gasteiger charge is -2.23. The molecule has 4 rings (SSSR count). The van der Waals surface area contributed by atoms with Crippen LogP contribution in [0, 0.1) is 5.82 Å². The number of benzene rings is 2. The van der Waals surface area contributed by atoms with E-state index in [9.17, 15) is 9.50 Å². The molecule has 0 saturated heterocycles. The fourth-order valence-corrected chi connectivity index (χ4v) is 3.40. The fourth-order valence-electron chi connectivity index (χ4n) is 3.40. The van der Waals surface area contributed by atoms with Crippen molar-refractivity contribution in [1.29, 1.82) is 0 Å². The van der Waals surface area contributed by atoms with Crippen molar-refractivity contribution in [3.63, 3.8) is 0 Å². The molecular formula is C17H16FNO. The Morgan fingerprint density at radius 1 is 1.05 bits per heavy atom. The SMILES string of the molecule is OC1c2cc3c(cc2CN1c1cccc(F)c1)CCC3. The number of nitrogens with zero attached hydrogens (tertiary/aromatic N) is 1. The molecule has 2 nitrogen and oxygen atoms in total. The number of fused-ring (bicyclic) bond motifs is 2. The lowest BCUT2D eigenvalue weighted by Crippen LogP contribution is -2.20. The van der Waals surface area contributed by atoms with Gasteiger partial charge in [0.05, 0.1) is 0 Å². The maximum absolute atomic E-state index is 13.4. The molecule has 102 valence electrons. The van der Waals surface area contributed by atoms with E-state index in [1.807, 2.05) is 11.0 Å². The van der Waals surface area contributed by atoms with Crippen molar-refractivity contribution in [2.24, 2.45) is 0 Å². The number of anilines is 1. The van der Waals surface area contributed by atoms with Gasteiger partial charge in [-0.2, -0.15) is 0 Å². The van der Waals surface area contributed by atoms with E-state index in [1.54, 1.807) is 6.07 Å². The van der Waals surface area contributed by atoms with Crippen molar-refractivity contribution in [2.75, 3.05) is 4.90 Å². The van der Waals surface area contributed by atoms with Crippen molar-refractivity contribution < 1.29 is 9.50 Å². The molecule has 2 aromatic carbocycles. The number of aliphatic hydroxyl groups is 1. The number of aliphatic hydroxyl groups excluding tert-OH is 1. The van der Waals surface area contributed by atoms with Gasteiger partial charge in [-0.05, 0) is 54.2 Å². The van der Waals surface area contributed by atoms with Crippen LogP contribution < -0.4 is 4.90 Å². The third-order valence-electron chi connectivity index (χ3n) is 4.41. The second-order valence-corrected chi connectivity index (χ2v) is 5.65. The molecule has 0 radical (unpaired) electrons. The predicted octanol–water partition coefficient (Wildman–Crippen LogP) is 3.33. The zero-order chi connectivity index (χ0) is 13.7. The van der Waals surface area contributed by atoms with E-state index in [1.165, 1.54) is 35.2 Å². The standard InChI is InChI=1S/C17H16FNO/c18-14-5-2-6-15(9-14)19-10-13-7-11-3-1-4-12(11)8-16(13)17(19)20/h2,5-9,17,20H,1,3-4,10H2. The minimum absolute atomic E-state index is 0.270. The van der Waals surface area contributed by atoms with E-state index in [0.717, 1.165) is 24.1 Å². The first-order valence-corrected chi connectivity index (χ1v) is 7.07. The zero-order valence-corrected chi connectivity index (χ0v) is 11.1. The van der Waals surface area contributed by atoms with Gasteiger partial charge in [0, 0.05) is 17.8 Å². The number of halogens is 1. The van der Waals surface area contributed by atoms with Crippen LogP contribution in [0.5, 0.6) is 0 Å². The summed E-state index contributed by atoms with van der Waals surface area (Å²) in [6, 6.07) is 10.8. The van der Waals surface area contributed by atoms with Crippen LogP contribution in [-0.2, 0) is 19.4 Å². The Kier molecular flexibility index (Phi) is 2.57. The second kappa shape index (κ2) is 4.32. The summed E-state index contributed by atoms with van der Waals surface area (Å²) in [5.74, 6) is -0.270. The van der Waals surface area contributed by atoms with Crippen LogP contribution in [0.4, 0.5) is 10.1 Å². The van der Waals surface area contributed by atoms with Gasteiger partial charge in [-0.25, -0.2) is 4.39 Å². The van der Waals surface area contributed by atoms with Crippen molar-refractivity contribution in [3.8, 4) is 0 Å². The molecule has 0 bridgehead atoms. The number of hydrogen-bond acceptors (Lipinski definition) is 2. The average molecular weight is 269 g/mol. The summed E-state index contributed by atoms with van der Waals surface area (Å²) in [5, 5.41) is 10.5. The summed E-state index contributed by atoms with van der Waals surface area (Å²) in [6.07, 6.45) is 2.79. The van der Waals surface area contributed by atoms with Crippen LogP contribution in [0.1, 0.15) is 34.9 Å². The number of hydrogen-bond donors (Lipinski definition) is 1. The normalized spacial score (nSPS) is 20.1. The number of aryl methyl sites for hydroxylation is 2. The quantitative estimate of drug-likeness (QED) is 0.858. The topological polar surface area (TPSA) is 23.5 Å². The molecule has 1 aliphatic carbocycles. The third kappa shape index (κ3) is 1.74. The van der Waals surface area contributed by atoms with Gasteiger partial charge in [-0.1, -0.05) is 18.2 Å². The molecule has 1 atom stereocenters. The highest BCUT2D eigenvalue weighted by Gasteiger charge is 2.30. The lowest BCUT2D eigenvalue weighted by molar-refractivity contribution is 0.181. The van der Waals surface area contributed by atoms with Crippen LogP contribution >= 0.6 is 0 Å². The van der Waals surface area contributed by atoms with Crippen molar-refractivity contribution in [1.82, 2.24) is 0 Å². The van der Waals surface area contributed by atoms with Crippen molar-refractivity contribution in [2.45, 2.75) is 32.0 Å². The summed E-state index contributed by atoms with van der Waals surface area (Å²) in [7, 11) is 0. The van der Waals surface area contributed by atoms with Gasteiger partial charge >= 0.3 is 0 Å². The van der Waals surface area contributed by atoms with Gasteiger partial charge in [0.15, 0.2) is 6.23 Å². The van der Waals surface area contributed by atoms with E-state index in [4.69, 9.17) is 0 Å². The van der Waals surface area contributed by atoms with Gasteiger partial charge in [0.2, 0.25) is 0 Å². The minimum atomic E-state index is -0.669. The second-order valence-electron chi connectivity index (χ2n) is 5.65. The van der Waals surface area contributed by atoms with Gasteiger partial charge in [-0.3, -0.25) is 0 Å². The third-order valence-corrected chi connectivity index (χ3v) is 4.41. The Morgan fingerprint density at radius 3 is 2.65 bits per heavy atom. The van der Waals surface area contributed by atoms with Crippen LogP contribution in [0.3, 0.4) is 0 Å². The fraction of sp³-hybridized carbons (Fsp3) is 0.294. The summed E-state index contributed by atoms with van der Waals surface area (Å²) >= 11 is 0. The first kappa shape index (κ1) is 11.9. The monoisotopic (exact) mass is 269 g/mol. The van der Waals surface area contributed by atoms with E-state index in [-0.39, 0.29) is 5.82 Å². The Bertz CT molecular complexity index is 683. The molecule has 1 unspecified atom stereocenters. The molecule has 2 aromatic rings. The summed E-state index contributed by atoms with van der Waals surface area (Å²) in [6.45, 7) is 0.646. The van der Waals surface area contributed by atoms with Crippen molar-refractivity contribution >= 4 is 5.69 Å². The van der Waals surface area contributed by atoms with E-state index in [0.29, 0.717) is 6.54 Å². The first-order valence-electron chi connectivity index (χ1n) is 7.07. The largest absolute Gasteiger partial charge is 0.369 e. The van der Waals surface area contributed by atoms with Crippen molar-refractivity contribution in [3.05, 3.63) is 64.5 Å². The molecule has 0 fully saturated rings. The Morgan fingerprint density at radius 2 is 1.85 bits per heavy atom. The highest BCUT2D eigenvalue weighted by atomic mass is 19.1. The molecule has 2 aliphatic rings. The molecule has 0 amide bonds. The molecule has 1 aliphatic heterocycles. The maximum atomic E-state index is 13.4. The smallest absolute Gasteiger partial charge is 0.153 e. The van der Waals surface area contributed by atoms with Gasteiger partial charge < -0.3 is 10.0 Å². The highest BCUT2D eigenvalue weighted by molar-refractivity contribution is 5.55. The highest BCUT2D eigenvalue weighted by Crippen LogP contribution is 2.39. The van der Waals surface area contributed by atoms with Gasteiger partial charge in [0.25, 0.3) is 0 Å². The lowest BCUT2D eigenvalue weighted by atomic mass is 10.0. The predicted molar refractivity (Wildman–Crippen MR) is 76.0 cm³/mol. The Hall–Kier alpha value is -1.87. The molecule has 3 heteroatoms. The first-order chi connectivity index (χ1) is 9.72. The average Bonchev–Trinajstić information content (AvgIpc) is 3.01. The number of rotatable bonds is 1. The molecule has 0 aromatic heterocycles. The van der Waals surface area contributed by atoms with Crippen LogP contribution in [-0.4, -0.2) is 5.11 Å². The zero-order valence-electron chi connectivity index (χ0n) is 11.1. The van der Waals surface area contributed by atoms with E-state index < -0.39 is 6.23 Å². The minimum Gasteiger partial charge on any atom is -0.369 e. The van der Waals surface area contributed by atoms with Crippen LogP contribution in [0.25, 0.3) is 0 Å². The Balaban J connectivity index is 1.74. The summed E-state index contributed by atoms with van der Waals surface area (Å²) < 4.78 is 13.4. The molecule has 1 N–H and O–H groups in total. The van der Waals surface area contributed by atoms with E-state index in [2.05, 4.69) is 12.1 Å². The molecule has 0 saturated carbocycles. The van der Waals surface area contributed by atoms with E-state index >= 15 is 0 Å². The summed E-state index contributed by atoms with van der Waals surface area (Å²) in [4.78, 5) is 1.85. The van der Waals surface area contributed by atoms with Crippen LogP contribution in [0.2, 0.25) is 0 Å². The summed E-state index contributed by atoms with van der Waals surface area (Å²) in [5.41, 5.74) is 5.66. The Labute approximate surface area is 117 Å². The molecule has 0 spiro atoms. The van der Waals surface area contributed by atoms with Gasteiger partial charge in [-0.15, -0.1) is 0 Å². The molecular weight excluding hydrogens is 253 g/mol. The van der Waals surface area contributed by atoms with Gasteiger partial charge in [0.1, 0.15) is 5.82 Å². The molecule has 20 heavy (non-hydrogen) atoms. The maximum Gasteiger partial charge on any atom is 0.153 e. The van der Waals surface area contributed by atoms with Crippen LogP contribution in [0.15, 0.2) is 36.4 Å². The molecule has 1 heterocycles.